The van der Waals surface area contributed by atoms with E-state index in [1.54, 1.807) is 55.8 Å². The van der Waals surface area contributed by atoms with E-state index in [4.69, 9.17) is 9.47 Å². The molecule has 1 saturated heterocycles. The molecule has 2 N–H and O–H groups in total. The van der Waals surface area contributed by atoms with Crippen LogP contribution in [0.2, 0.25) is 0 Å². The molecular formula is C23H25N5O4. The number of aromatic nitrogens is 3. The van der Waals surface area contributed by atoms with Crippen molar-refractivity contribution in [3.05, 3.63) is 54.5 Å². The SMILES string of the molecule is COc1ccc(OC)c(NC(=O)[C@@H]2CCCN(C(=O)c3cc(-c4ccncc4)n[nH]3)C2)c1. The maximum atomic E-state index is 13.0. The summed E-state index contributed by atoms with van der Waals surface area (Å²) in [6.45, 7) is 0.926. The van der Waals surface area contributed by atoms with Gasteiger partial charge in [-0.3, -0.25) is 19.7 Å². The lowest BCUT2D eigenvalue weighted by Gasteiger charge is -2.31. The summed E-state index contributed by atoms with van der Waals surface area (Å²) < 4.78 is 10.6. The van der Waals surface area contributed by atoms with Crippen molar-refractivity contribution in [2.24, 2.45) is 5.92 Å². The largest absolute Gasteiger partial charge is 0.497 e. The summed E-state index contributed by atoms with van der Waals surface area (Å²) in [6.07, 6.45) is 4.80. The minimum atomic E-state index is -0.328. The standard InChI is InChI=1S/C23H25N5O4/c1-31-17-5-6-21(32-2)19(12-17)25-22(29)16-4-3-11-28(14-16)23(30)20-13-18(26-27-20)15-7-9-24-10-8-15/h5-10,12-13,16H,3-4,11,14H2,1-2H3,(H,25,29)(H,26,27)/t16-/m1/s1. The third-order valence-electron chi connectivity index (χ3n) is 5.53. The molecule has 166 valence electrons. The Labute approximate surface area is 185 Å². The number of carbonyl (C=O) groups excluding carboxylic acids is 2. The van der Waals surface area contributed by atoms with E-state index in [1.807, 2.05) is 12.1 Å². The molecule has 3 heterocycles. The van der Waals surface area contributed by atoms with Crippen molar-refractivity contribution in [3.8, 4) is 22.8 Å². The Morgan fingerprint density at radius 2 is 1.94 bits per heavy atom. The van der Waals surface area contributed by atoms with Crippen LogP contribution in [0.1, 0.15) is 23.3 Å². The number of piperidine rings is 1. The van der Waals surface area contributed by atoms with Crippen molar-refractivity contribution in [2.75, 3.05) is 32.6 Å². The van der Waals surface area contributed by atoms with Crippen molar-refractivity contribution in [1.29, 1.82) is 0 Å². The van der Waals surface area contributed by atoms with Crippen LogP contribution in [0, 0.1) is 5.92 Å². The maximum absolute atomic E-state index is 13.0. The summed E-state index contributed by atoms with van der Waals surface area (Å²) in [6, 6.07) is 10.6. The van der Waals surface area contributed by atoms with E-state index in [1.165, 1.54) is 0 Å². The van der Waals surface area contributed by atoms with Gasteiger partial charge in [0.1, 0.15) is 17.2 Å². The normalized spacial score (nSPS) is 15.8. The molecule has 0 saturated carbocycles. The number of H-pyrrole nitrogens is 1. The first kappa shape index (κ1) is 21.4. The summed E-state index contributed by atoms with van der Waals surface area (Å²) in [5.74, 6) is 0.506. The Morgan fingerprint density at radius 1 is 1.12 bits per heavy atom. The Morgan fingerprint density at radius 3 is 2.69 bits per heavy atom. The third-order valence-corrected chi connectivity index (χ3v) is 5.53. The quantitative estimate of drug-likeness (QED) is 0.616. The molecule has 0 unspecified atom stereocenters. The highest BCUT2D eigenvalue weighted by molar-refractivity contribution is 5.96. The van der Waals surface area contributed by atoms with Crippen molar-refractivity contribution >= 4 is 17.5 Å². The number of benzene rings is 1. The second-order valence-electron chi connectivity index (χ2n) is 7.55. The van der Waals surface area contributed by atoms with Crippen molar-refractivity contribution < 1.29 is 19.1 Å². The number of aromatic amines is 1. The average Bonchev–Trinajstić information content (AvgIpc) is 3.34. The van der Waals surface area contributed by atoms with Gasteiger partial charge in [0.05, 0.1) is 31.5 Å². The van der Waals surface area contributed by atoms with Gasteiger partial charge in [0, 0.05) is 37.1 Å². The van der Waals surface area contributed by atoms with Crippen molar-refractivity contribution in [2.45, 2.75) is 12.8 Å². The molecule has 0 aliphatic carbocycles. The zero-order valence-corrected chi connectivity index (χ0v) is 18.0. The number of anilines is 1. The Hall–Kier alpha value is -3.88. The number of nitrogens with one attached hydrogen (secondary N) is 2. The highest BCUT2D eigenvalue weighted by atomic mass is 16.5. The molecule has 9 heteroatoms. The van der Waals surface area contributed by atoms with Gasteiger partial charge >= 0.3 is 0 Å². The van der Waals surface area contributed by atoms with E-state index in [0.717, 1.165) is 12.0 Å². The summed E-state index contributed by atoms with van der Waals surface area (Å²) in [7, 11) is 3.11. The number of amides is 2. The molecule has 32 heavy (non-hydrogen) atoms. The van der Waals surface area contributed by atoms with Gasteiger partial charge in [-0.1, -0.05) is 0 Å². The third kappa shape index (κ3) is 4.56. The second-order valence-corrected chi connectivity index (χ2v) is 7.55. The minimum Gasteiger partial charge on any atom is -0.497 e. The number of likely N-dealkylation sites (tertiary alicyclic amines) is 1. The average molecular weight is 435 g/mol. The Balaban J connectivity index is 1.44. The summed E-state index contributed by atoms with van der Waals surface area (Å²) >= 11 is 0. The fourth-order valence-corrected chi connectivity index (χ4v) is 3.79. The molecule has 0 bridgehead atoms. The first-order chi connectivity index (χ1) is 15.6. The van der Waals surface area contributed by atoms with Crippen LogP contribution < -0.4 is 14.8 Å². The molecule has 3 aromatic rings. The predicted octanol–water partition coefficient (Wildman–Crippen LogP) is 2.98. The molecule has 2 aromatic heterocycles. The molecule has 1 atom stereocenters. The van der Waals surface area contributed by atoms with Crippen LogP contribution in [0.15, 0.2) is 48.8 Å². The van der Waals surface area contributed by atoms with Gasteiger partial charge in [-0.2, -0.15) is 5.10 Å². The Bertz CT molecular complexity index is 1100. The summed E-state index contributed by atoms with van der Waals surface area (Å²) in [4.78, 5) is 31.7. The fraction of sp³-hybridized carbons (Fsp3) is 0.304. The zero-order chi connectivity index (χ0) is 22.5. The zero-order valence-electron chi connectivity index (χ0n) is 18.0. The van der Waals surface area contributed by atoms with E-state index in [9.17, 15) is 9.59 Å². The van der Waals surface area contributed by atoms with Crippen molar-refractivity contribution in [3.63, 3.8) is 0 Å². The lowest BCUT2D eigenvalue weighted by atomic mass is 9.96. The molecule has 1 aliphatic heterocycles. The first-order valence-corrected chi connectivity index (χ1v) is 10.4. The second kappa shape index (κ2) is 9.51. The number of nitrogens with zero attached hydrogens (tertiary/aromatic N) is 3. The van der Waals surface area contributed by atoms with Crippen LogP contribution in [-0.2, 0) is 4.79 Å². The smallest absolute Gasteiger partial charge is 0.271 e. The van der Waals surface area contributed by atoms with E-state index >= 15 is 0 Å². The molecule has 4 rings (SSSR count). The Kier molecular flexibility index (Phi) is 6.34. The van der Waals surface area contributed by atoms with Gasteiger partial charge in [0.2, 0.25) is 5.91 Å². The fourth-order valence-electron chi connectivity index (χ4n) is 3.79. The number of methoxy groups -OCH3 is 2. The molecule has 0 spiro atoms. The monoisotopic (exact) mass is 435 g/mol. The molecule has 9 nitrogen and oxygen atoms in total. The predicted molar refractivity (Wildman–Crippen MR) is 119 cm³/mol. The summed E-state index contributed by atoms with van der Waals surface area (Å²) in [5.41, 5.74) is 2.48. The van der Waals surface area contributed by atoms with Crippen LogP contribution in [0.4, 0.5) is 5.69 Å². The lowest BCUT2D eigenvalue weighted by Crippen LogP contribution is -2.43. The summed E-state index contributed by atoms with van der Waals surface area (Å²) in [5, 5.41) is 9.99. The van der Waals surface area contributed by atoms with Gasteiger partial charge in [0.25, 0.3) is 5.91 Å². The van der Waals surface area contributed by atoms with E-state index in [0.29, 0.717) is 48.1 Å². The van der Waals surface area contributed by atoms with E-state index < -0.39 is 0 Å². The maximum Gasteiger partial charge on any atom is 0.271 e. The minimum absolute atomic E-state index is 0.156. The number of ether oxygens (including phenoxy) is 2. The molecular weight excluding hydrogens is 410 g/mol. The lowest BCUT2D eigenvalue weighted by molar-refractivity contribution is -0.121. The highest BCUT2D eigenvalue weighted by Gasteiger charge is 2.30. The first-order valence-electron chi connectivity index (χ1n) is 10.4. The molecule has 1 aromatic carbocycles. The number of rotatable bonds is 6. The van der Waals surface area contributed by atoms with Crippen LogP contribution >= 0.6 is 0 Å². The van der Waals surface area contributed by atoms with Crippen LogP contribution in [0.3, 0.4) is 0 Å². The van der Waals surface area contributed by atoms with Crippen LogP contribution in [-0.4, -0.2) is 59.2 Å². The van der Waals surface area contributed by atoms with E-state index in [2.05, 4.69) is 20.5 Å². The number of hydrogen-bond donors (Lipinski definition) is 2. The van der Waals surface area contributed by atoms with Crippen molar-refractivity contribution in [1.82, 2.24) is 20.1 Å². The van der Waals surface area contributed by atoms with Gasteiger partial charge in [0.15, 0.2) is 0 Å². The molecule has 2 amide bonds. The number of pyridine rings is 1. The molecule has 1 aliphatic rings. The highest BCUT2D eigenvalue weighted by Crippen LogP contribution is 2.30. The van der Waals surface area contributed by atoms with Gasteiger partial charge < -0.3 is 19.7 Å². The molecule has 1 fully saturated rings. The van der Waals surface area contributed by atoms with Gasteiger partial charge in [-0.25, -0.2) is 0 Å². The van der Waals surface area contributed by atoms with Crippen LogP contribution in [0.25, 0.3) is 11.3 Å². The van der Waals surface area contributed by atoms with Crippen LogP contribution in [0.5, 0.6) is 11.5 Å². The molecule has 0 radical (unpaired) electrons. The number of hydrogen-bond acceptors (Lipinski definition) is 6. The topological polar surface area (TPSA) is 109 Å². The van der Waals surface area contributed by atoms with Gasteiger partial charge in [-0.05, 0) is 43.2 Å². The van der Waals surface area contributed by atoms with E-state index in [-0.39, 0.29) is 17.7 Å². The number of carbonyl (C=O) groups is 2. The van der Waals surface area contributed by atoms with Gasteiger partial charge in [-0.15, -0.1) is 0 Å².